The topological polar surface area (TPSA) is 21.3 Å². The van der Waals surface area contributed by atoms with Crippen molar-refractivity contribution in [2.24, 2.45) is 5.92 Å². The van der Waals surface area contributed by atoms with Crippen LogP contribution in [0.3, 0.4) is 0 Å². The lowest BCUT2D eigenvalue weighted by atomic mass is 9.90. The highest BCUT2D eigenvalue weighted by molar-refractivity contribution is 5.57. The van der Waals surface area contributed by atoms with E-state index < -0.39 is 0 Å². The molecular weight excluding hydrogens is 222 g/mol. The molecular formula is C16H23NO. The van der Waals surface area contributed by atoms with Crippen LogP contribution in [0.4, 0.5) is 0 Å². The number of para-hydroxylation sites is 1. The van der Waals surface area contributed by atoms with Crippen molar-refractivity contribution < 1.29 is 4.74 Å². The van der Waals surface area contributed by atoms with Crippen LogP contribution < -0.4 is 10.1 Å². The molecule has 0 bridgehead atoms. The van der Waals surface area contributed by atoms with Crippen LogP contribution in [0.15, 0.2) is 30.3 Å². The Kier molecular flexibility index (Phi) is 4.82. The van der Waals surface area contributed by atoms with Crippen LogP contribution >= 0.6 is 0 Å². The van der Waals surface area contributed by atoms with Gasteiger partial charge in [0.25, 0.3) is 0 Å². The largest absolute Gasteiger partial charge is 0.496 e. The summed E-state index contributed by atoms with van der Waals surface area (Å²) in [7, 11) is 1.72. The zero-order valence-electron chi connectivity index (χ0n) is 11.4. The number of nitrogens with one attached hydrogen (secondary N) is 1. The number of rotatable bonds is 4. The van der Waals surface area contributed by atoms with E-state index in [-0.39, 0.29) is 0 Å². The van der Waals surface area contributed by atoms with Crippen LogP contribution in [-0.2, 0) is 0 Å². The highest BCUT2D eigenvalue weighted by Crippen LogP contribution is 2.22. The van der Waals surface area contributed by atoms with E-state index in [9.17, 15) is 0 Å². The number of hydrogen-bond acceptors (Lipinski definition) is 2. The first-order valence-corrected chi connectivity index (χ1v) is 6.88. The van der Waals surface area contributed by atoms with Crippen LogP contribution in [0.5, 0.6) is 5.75 Å². The molecule has 2 nitrogen and oxygen atoms in total. The second-order valence-electron chi connectivity index (χ2n) is 4.96. The summed E-state index contributed by atoms with van der Waals surface area (Å²) in [6.07, 6.45) is 8.31. The Hall–Kier alpha value is -1.28. The Morgan fingerprint density at radius 1 is 1.39 bits per heavy atom. The molecule has 1 aromatic rings. The molecule has 0 aromatic heterocycles. The van der Waals surface area contributed by atoms with Crippen molar-refractivity contribution in [2.45, 2.75) is 32.2 Å². The van der Waals surface area contributed by atoms with Crippen LogP contribution in [0.25, 0.3) is 6.08 Å². The van der Waals surface area contributed by atoms with Gasteiger partial charge in [0, 0.05) is 11.6 Å². The van der Waals surface area contributed by atoms with E-state index in [1.807, 2.05) is 18.2 Å². The van der Waals surface area contributed by atoms with Crippen molar-refractivity contribution in [2.75, 3.05) is 13.7 Å². The predicted octanol–water partition coefficient (Wildman–Crippen LogP) is 3.49. The Bertz CT molecular complexity index is 400. The fourth-order valence-corrected chi connectivity index (χ4v) is 2.57. The van der Waals surface area contributed by atoms with E-state index in [2.05, 4.69) is 30.5 Å². The number of methoxy groups -OCH3 is 1. The summed E-state index contributed by atoms with van der Waals surface area (Å²) >= 11 is 0. The van der Waals surface area contributed by atoms with Crippen molar-refractivity contribution in [3.05, 3.63) is 35.9 Å². The van der Waals surface area contributed by atoms with Gasteiger partial charge in [0.1, 0.15) is 5.75 Å². The SMILES string of the molecule is CCC1CCNC(/C=C/c2ccccc2OC)C1. The molecule has 98 valence electrons. The summed E-state index contributed by atoms with van der Waals surface area (Å²) < 4.78 is 5.36. The van der Waals surface area contributed by atoms with E-state index in [0.29, 0.717) is 6.04 Å². The molecule has 2 heteroatoms. The second-order valence-corrected chi connectivity index (χ2v) is 4.96. The van der Waals surface area contributed by atoms with E-state index in [4.69, 9.17) is 4.74 Å². The third kappa shape index (κ3) is 3.36. The molecule has 0 saturated carbocycles. The van der Waals surface area contributed by atoms with Gasteiger partial charge in [-0.3, -0.25) is 0 Å². The minimum absolute atomic E-state index is 0.508. The third-order valence-corrected chi connectivity index (χ3v) is 3.77. The molecule has 1 N–H and O–H groups in total. The van der Waals surface area contributed by atoms with Gasteiger partial charge >= 0.3 is 0 Å². The average Bonchev–Trinajstić information content (AvgIpc) is 2.45. The number of ether oxygens (including phenoxy) is 1. The first kappa shape index (κ1) is 13.2. The molecule has 1 aliphatic heterocycles. The highest BCUT2D eigenvalue weighted by Gasteiger charge is 2.17. The zero-order chi connectivity index (χ0) is 12.8. The predicted molar refractivity (Wildman–Crippen MR) is 76.8 cm³/mol. The van der Waals surface area contributed by atoms with Crippen LogP contribution in [-0.4, -0.2) is 19.7 Å². The highest BCUT2D eigenvalue weighted by atomic mass is 16.5. The van der Waals surface area contributed by atoms with Crippen molar-refractivity contribution >= 4 is 6.08 Å². The molecule has 1 aliphatic rings. The van der Waals surface area contributed by atoms with Gasteiger partial charge < -0.3 is 10.1 Å². The Morgan fingerprint density at radius 3 is 3.00 bits per heavy atom. The lowest BCUT2D eigenvalue weighted by Crippen LogP contribution is -2.36. The van der Waals surface area contributed by atoms with Crippen LogP contribution in [0.1, 0.15) is 31.7 Å². The fourth-order valence-electron chi connectivity index (χ4n) is 2.57. The Morgan fingerprint density at radius 2 is 2.22 bits per heavy atom. The van der Waals surface area contributed by atoms with Gasteiger partial charge in [0.15, 0.2) is 0 Å². The number of piperidine rings is 1. The summed E-state index contributed by atoms with van der Waals surface area (Å²) in [6.45, 7) is 3.43. The lowest BCUT2D eigenvalue weighted by molar-refractivity contribution is 0.326. The molecule has 0 aliphatic carbocycles. The van der Waals surface area contributed by atoms with E-state index in [0.717, 1.165) is 23.8 Å². The zero-order valence-corrected chi connectivity index (χ0v) is 11.4. The maximum atomic E-state index is 5.36. The van der Waals surface area contributed by atoms with Gasteiger partial charge in [0.05, 0.1) is 7.11 Å². The van der Waals surface area contributed by atoms with Gasteiger partial charge in [0.2, 0.25) is 0 Å². The van der Waals surface area contributed by atoms with Crippen molar-refractivity contribution in [1.29, 1.82) is 0 Å². The first-order valence-electron chi connectivity index (χ1n) is 6.88. The Labute approximate surface area is 110 Å². The lowest BCUT2D eigenvalue weighted by Gasteiger charge is -2.27. The summed E-state index contributed by atoms with van der Waals surface area (Å²) in [5, 5.41) is 3.56. The van der Waals surface area contributed by atoms with Crippen molar-refractivity contribution in [1.82, 2.24) is 5.32 Å². The number of benzene rings is 1. The maximum absolute atomic E-state index is 5.36. The van der Waals surface area contributed by atoms with Gasteiger partial charge in [-0.05, 0) is 31.4 Å². The fraction of sp³-hybridized carbons (Fsp3) is 0.500. The summed E-state index contributed by atoms with van der Waals surface area (Å²) in [6, 6.07) is 8.65. The standard InChI is InChI=1S/C16H23NO/c1-3-13-10-11-17-15(12-13)9-8-14-6-4-5-7-16(14)18-2/h4-9,13,15,17H,3,10-12H2,1-2H3/b9-8+. The summed E-state index contributed by atoms with van der Waals surface area (Å²) in [5.74, 6) is 1.81. The van der Waals surface area contributed by atoms with Crippen molar-refractivity contribution in [3.63, 3.8) is 0 Å². The summed E-state index contributed by atoms with van der Waals surface area (Å²) in [4.78, 5) is 0. The van der Waals surface area contributed by atoms with E-state index in [1.54, 1.807) is 7.11 Å². The van der Waals surface area contributed by atoms with Gasteiger partial charge in [-0.2, -0.15) is 0 Å². The smallest absolute Gasteiger partial charge is 0.126 e. The monoisotopic (exact) mass is 245 g/mol. The molecule has 1 saturated heterocycles. The molecule has 1 heterocycles. The van der Waals surface area contributed by atoms with Gasteiger partial charge in [-0.25, -0.2) is 0 Å². The Balaban J connectivity index is 2.01. The molecule has 18 heavy (non-hydrogen) atoms. The molecule has 0 radical (unpaired) electrons. The van der Waals surface area contributed by atoms with E-state index >= 15 is 0 Å². The third-order valence-electron chi connectivity index (χ3n) is 3.77. The normalized spacial score (nSPS) is 24.3. The van der Waals surface area contributed by atoms with Gasteiger partial charge in [-0.15, -0.1) is 0 Å². The minimum atomic E-state index is 0.508. The molecule has 2 rings (SSSR count). The molecule has 1 fully saturated rings. The molecule has 2 unspecified atom stereocenters. The second kappa shape index (κ2) is 6.60. The molecule has 1 aromatic carbocycles. The first-order chi connectivity index (χ1) is 8.83. The maximum Gasteiger partial charge on any atom is 0.126 e. The molecule has 2 atom stereocenters. The summed E-state index contributed by atoms with van der Waals surface area (Å²) in [5.41, 5.74) is 1.15. The number of hydrogen-bond donors (Lipinski definition) is 1. The molecule has 0 spiro atoms. The quantitative estimate of drug-likeness (QED) is 0.876. The van der Waals surface area contributed by atoms with Crippen LogP contribution in [0, 0.1) is 5.92 Å². The van der Waals surface area contributed by atoms with Gasteiger partial charge in [-0.1, -0.05) is 43.7 Å². The average molecular weight is 245 g/mol. The van der Waals surface area contributed by atoms with Crippen molar-refractivity contribution in [3.8, 4) is 5.75 Å². The minimum Gasteiger partial charge on any atom is -0.496 e. The van der Waals surface area contributed by atoms with Crippen LogP contribution in [0.2, 0.25) is 0 Å². The molecule has 0 amide bonds. The van der Waals surface area contributed by atoms with E-state index in [1.165, 1.54) is 19.3 Å².